The molecule has 0 amide bonds. The number of anilines is 1. The lowest BCUT2D eigenvalue weighted by Gasteiger charge is -2.29. The predicted molar refractivity (Wildman–Crippen MR) is 68.4 cm³/mol. The molecule has 0 saturated heterocycles. The molecule has 0 aromatic carbocycles. The second-order valence-electron chi connectivity index (χ2n) is 4.73. The Hall–Kier alpha value is -1.65. The van der Waals surface area contributed by atoms with Gasteiger partial charge in [-0.1, -0.05) is 19.8 Å². The van der Waals surface area contributed by atoms with E-state index in [1.165, 1.54) is 6.33 Å². The van der Waals surface area contributed by atoms with E-state index in [1.807, 2.05) is 13.0 Å². The second-order valence-corrected chi connectivity index (χ2v) is 4.73. The Bertz CT molecular complexity index is 422. The number of hydrogen-bond donors (Lipinski definition) is 2. The summed E-state index contributed by atoms with van der Waals surface area (Å²) in [7, 11) is 0. The largest absolute Gasteiger partial charge is 0.481 e. The lowest BCUT2D eigenvalue weighted by atomic mass is 9.84. The van der Waals surface area contributed by atoms with E-state index in [4.69, 9.17) is 0 Å². The highest BCUT2D eigenvalue weighted by molar-refractivity contribution is 5.71. The Kier molecular flexibility index (Phi) is 4.12. The molecule has 2 rings (SSSR count). The number of aromatic nitrogens is 2. The fraction of sp³-hybridized carbons (Fsp3) is 0.615. The summed E-state index contributed by atoms with van der Waals surface area (Å²) in [6.45, 7) is 2.03. The first-order valence-corrected chi connectivity index (χ1v) is 6.51. The van der Waals surface area contributed by atoms with Crippen LogP contribution in [0, 0.1) is 5.92 Å². The van der Waals surface area contributed by atoms with E-state index < -0.39 is 5.97 Å². The number of nitrogens with one attached hydrogen (secondary N) is 1. The van der Waals surface area contributed by atoms with Crippen LogP contribution in [0.5, 0.6) is 0 Å². The molecule has 1 aliphatic rings. The van der Waals surface area contributed by atoms with E-state index in [0.29, 0.717) is 0 Å². The summed E-state index contributed by atoms with van der Waals surface area (Å²) in [5.74, 6) is -0.282. The maximum atomic E-state index is 11.2. The first-order chi connectivity index (χ1) is 8.70. The highest BCUT2D eigenvalue weighted by Gasteiger charge is 2.30. The van der Waals surface area contributed by atoms with Crippen molar-refractivity contribution >= 4 is 11.8 Å². The molecule has 1 heterocycles. The van der Waals surface area contributed by atoms with Crippen LogP contribution in [0.4, 0.5) is 5.82 Å². The predicted octanol–water partition coefficient (Wildman–Crippen LogP) is 2.09. The summed E-state index contributed by atoms with van der Waals surface area (Å²) < 4.78 is 0. The minimum absolute atomic E-state index is 0.0177. The fourth-order valence-corrected chi connectivity index (χ4v) is 2.46. The van der Waals surface area contributed by atoms with Crippen LogP contribution in [0.3, 0.4) is 0 Å². The number of nitrogens with zero attached hydrogens (tertiary/aromatic N) is 2. The van der Waals surface area contributed by atoms with Gasteiger partial charge in [0.25, 0.3) is 0 Å². The van der Waals surface area contributed by atoms with Gasteiger partial charge in [0.05, 0.1) is 5.92 Å². The monoisotopic (exact) mass is 249 g/mol. The third-order valence-corrected chi connectivity index (χ3v) is 3.50. The van der Waals surface area contributed by atoms with Crippen molar-refractivity contribution in [1.29, 1.82) is 0 Å². The van der Waals surface area contributed by atoms with Gasteiger partial charge in [-0.2, -0.15) is 0 Å². The lowest BCUT2D eigenvalue weighted by Crippen LogP contribution is -2.37. The molecule has 1 aromatic heterocycles. The van der Waals surface area contributed by atoms with E-state index in [0.717, 1.165) is 43.6 Å². The van der Waals surface area contributed by atoms with Gasteiger partial charge >= 0.3 is 5.97 Å². The average molecular weight is 249 g/mol. The van der Waals surface area contributed by atoms with Crippen molar-refractivity contribution in [1.82, 2.24) is 9.97 Å². The minimum Gasteiger partial charge on any atom is -0.481 e. The van der Waals surface area contributed by atoms with Crippen LogP contribution in [0.15, 0.2) is 12.4 Å². The molecule has 98 valence electrons. The number of carboxylic acid groups (broad SMARTS) is 1. The normalized spacial score (nSPS) is 23.6. The average Bonchev–Trinajstić information content (AvgIpc) is 2.39. The highest BCUT2D eigenvalue weighted by Crippen LogP contribution is 2.27. The van der Waals surface area contributed by atoms with Crippen LogP contribution < -0.4 is 5.32 Å². The number of carbonyl (C=O) groups is 1. The molecule has 5 heteroatoms. The highest BCUT2D eigenvalue weighted by atomic mass is 16.4. The quantitative estimate of drug-likeness (QED) is 0.854. The third kappa shape index (κ3) is 2.97. The molecule has 0 bridgehead atoms. The van der Waals surface area contributed by atoms with Crippen LogP contribution in [-0.2, 0) is 11.2 Å². The molecule has 5 nitrogen and oxygen atoms in total. The standard InChI is InChI=1S/C13H19N3O2/c1-2-9-7-12(15-8-14-9)16-11-6-4-3-5-10(11)13(17)18/h7-8,10-11H,2-6H2,1H3,(H,17,18)(H,14,15,16). The molecule has 2 atom stereocenters. The van der Waals surface area contributed by atoms with Gasteiger partial charge in [0.2, 0.25) is 0 Å². The van der Waals surface area contributed by atoms with Gasteiger partial charge in [-0.15, -0.1) is 0 Å². The van der Waals surface area contributed by atoms with Gasteiger partial charge in [0.1, 0.15) is 12.1 Å². The number of carboxylic acids is 1. The zero-order chi connectivity index (χ0) is 13.0. The molecule has 0 spiro atoms. The summed E-state index contributed by atoms with van der Waals surface area (Å²) in [6, 6.07) is 1.88. The van der Waals surface area contributed by atoms with Crippen molar-refractivity contribution in [2.75, 3.05) is 5.32 Å². The van der Waals surface area contributed by atoms with Crippen molar-refractivity contribution in [2.45, 2.75) is 45.1 Å². The van der Waals surface area contributed by atoms with Crippen LogP contribution in [0.2, 0.25) is 0 Å². The van der Waals surface area contributed by atoms with Gasteiger partial charge in [0.15, 0.2) is 0 Å². The van der Waals surface area contributed by atoms with E-state index in [9.17, 15) is 9.90 Å². The van der Waals surface area contributed by atoms with Gasteiger partial charge in [-0.25, -0.2) is 9.97 Å². The Balaban J connectivity index is 2.08. The molecule has 1 aliphatic carbocycles. The fourth-order valence-electron chi connectivity index (χ4n) is 2.46. The van der Waals surface area contributed by atoms with E-state index in [2.05, 4.69) is 15.3 Å². The number of aliphatic carboxylic acids is 1. The summed E-state index contributed by atoms with van der Waals surface area (Å²) in [4.78, 5) is 19.5. The molecular weight excluding hydrogens is 230 g/mol. The Morgan fingerprint density at radius 2 is 2.22 bits per heavy atom. The first kappa shape index (κ1) is 12.8. The van der Waals surface area contributed by atoms with Crippen LogP contribution in [0.1, 0.15) is 38.3 Å². The molecule has 2 unspecified atom stereocenters. The Morgan fingerprint density at radius 3 is 2.94 bits per heavy atom. The molecular formula is C13H19N3O2. The topological polar surface area (TPSA) is 75.1 Å². The Labute approximate surface area is 107 Å². The van der Waals surface area contributed by atoms with Gasteiger partial charge < -0.3 is 10.4 Å². The van der Waals surface area contributed by atoms with Gasteiger partial charge in [-0.05, 0) is 19.3 Å². The summed E-state index contributed by atoms with van der Waals surface area (Å²) >= 11 is 0. The molecule has 2 N–H and O–H groups in total. The third-order valence-electron chi connectivity index (χ3n) is 3.50. The van der Waals surface area contributed by atoms with Crippen LogP contribution in [-0.4, -0.2) is 27.1 Å². The van der Waals surface area contributed by atoms with Gasteiger partial charge in [-0.3, -0.25) is 4.79 Å². The second kappa shape index (κ2) is 5.80. The molecule has 1 saturated carbocycles. The summed E-state index contributed by atoms with van der Waals surface area (Å²) in [5, 5.41) is 12.5. The molecule has 0 aliphatic heterocycles. The SMILES string of the molecule is CCc1cc(NC2CCCCC2C(=O)O)ncn1. The first-order valence-electron chi connectivity index (χ1n) is 6.51. The van der Waals surface area contributed by atoms with Gasteiger partial charge in [0, 0.05) is 17.8 Å². The lowest BCUT2D eigenvalue weighted by molar-refractivity contribution is -0.143. The Morgan fingerprint density at radius 1 is 1.44 bits per heavy atom. The zero-order valence-corrected chi connectivity index (χ0v) is 10.6. The zero-order valence-electron chi connectivity index (χ0n) is 10.6. The van der Waals surface area contributed by atoms with Crippen molar-refractivity contribution in [2.24, 2.45) is 5.92 Å². The van der Waals surface area contributed by atoms with Crippen LogP contribution in [0.25, 0.3) is 0 Å². The molecule has 1 fully saturated rings. The van der Waals surface area contributed by atoms with Crippen molar-refractivity contribution in [3.8, 4) is 0 Å². The van der Waals surface area contributed by atoms with E-state index in [1.54, 1.807) is 0 Å². The molecule has 0 radical (unpaired) electrons. The minimum atomic E-state index is -0.711. The molecule has 1 aromatic rings. The number of aryl methyl sites for hydroxylation is 1. The maximum absolute atomic E-state index is 11.2. The summed E-state index contributed by atoms with van der Waals surface area (Å²) in [5.41, 5.74) is 0.968. The number of rotatable bonds is 4. The number of hydrogen-bond acceptors (Lipinski definition) is 4. The maximum Gasteiger partial charge on any atom is 0.308 e. The van der Waals surface area contributed by atoms with E-state index >= 15 is 0 Å². The van der Waals surface area contributed by atoms with Crippen molar-refractivity contribution in [3.63, 3.8) is 0 Å². The van der Waals surface area contributed by atoms with Crippen molar-refractivity contribution < 1.29 is 9.90 Å². The van der Waals surface area contributed by atoms with Crippen LogP contribution >= 0.6 is 0 Å². The summed E-state index contributed by atoms with van der Waals surface area (Å²) in [6.07, 6.45) is 6.09. The molecule has 18 heavy (non-hydrogen) atoms. The van der Waals surface area contributed by atoms with E-state index in [-0.39, 0.29) is 12.0 Å². The van der Waals surface area contributed by atoms with Crippen molar-refractivity contribution in [3.05, 3.63) is 18.1 Å². The smallest absolute Gasteiger partial charge is 0.308 e.